The second-order valence-electron chi connectivity index (χ2n) is 7.60. The van der Waals surface area contributed by atoms with Gasteiger partial charge in [0.1, 0.15) is 11.4 Å². The molecular weight excluding hydrogens is 338 g/mol. The average molecular weight is 363 g/mol. The predicted molar refractivity (Wildman–Crippen MR) is 108 cm³/mol. The topological polar surface area (TPSA) is 56.1 Å². The van der Waals surface area contributed by atoms with Crippen LogP contribution < -0.4 is 10.1 Å². The molecule has 0 aliphatic heterocycles. The second kappa shape index (κ2) is 7.27. The Morgan fingerprint density at radius 3 is 2.37 bits per heavy atom. The van der Waals surface area contributed by atoms with Crippen molar-refractivity contribution >= 4 is 5.91 Å². The number of rotatable bonds is 4. The first-order chi connectivity index (χ1) is 12.8. The van der Waals surface area contributed by atoms with Crippen molar-refractivity contribution in [2.75, 3.05) is 7.11 Å². The van der Waals surface area contributed by atoms with Crippen molar-refractivity contribution in [3.63, 3.8) is 0 Å². The molecule has 0 radical (unpaired) electrons. The van der Waals surface area contributed by atoms with E-state index in [2.05, 4.69) is 5.32 Å². The first kappa shape index (κ1) is 18.7. The lowest BCUT2D eigenvalue weighted by Gasteiger charge is -2.20. The predicted octanol–water partition coefficient (Wildman–Crippen LogP) is 4.38. The molecule has 0 atom stereocenters. The van der Waals surface area contributed by atoms with Gasteiger partial charge in [-0.25, -0.2) is 4.68 Å². The third kappa shape index (κ3) is 4.37. The van der Waals surface area contributed by atoms with Crippen molar-refractivity contribution in [1.29, 1.82) is 0 Å². The molecule has 5 heteroatoms. The lowest BCUT2D eigenvalue weighted by molar-refractivity contribution is 0.0911. The minimum atomic E-state index is -0.334. The zero-order valence-electron chi connectivity index (χ0n) is 16.4. The van der Waals surface area contributed by atoms with Crippen molar-refractivity contribution in [3.8, 4) is 22.7 Å². The molecule has 5 nitrogen and oxygen atoms in total. The minimum absolute atomic E-state index is 0.156. The van der Waals surface area contributed by atoms with Crippen LogP contribution in [-0.2, 0) is 0 Å². The van der Waals surface area contributed by atoms with Gasteiger partial charge in [0, 0.05) is 11.1 Å². The summed E-state index contributed by atoms with van der Waals surface area (Å²) in [6.07, 6.45) is 0. The maximum atomic E-state index is 12.9. The third-order valence-corrected chi connectivity index (χ3v) is 4.06. The highest BCUT2D eigenvalue weighted by Crippen LogP contribution is 2.24. The highest BCUT2D eigenvalue weighted by atomic mass is 16.5. The number of methoxy groups -OCH3 is 1. The third-order valence-electron chi connectivity index (χ3n) is 4.06. The molecule has 0 spiro atoms. The summed E-state index contributed by atoms with van der Waals surface area (Å²) in [7, 11) is 1.64. The zero-order valence-corrected chi connectivity index (χ0v) is 16.4. The minimum Gasteiger partial charge on any atom is -0.497 e. The molecule has 0 fully saturated rings. The summed E-state index contributed by atoms with van der Waals surface area (Å²) in [6, 6.07) is 17.4. The van der Waals surface area contributed by atoms with Crippen molar-refractivity contribution in [2.24, 2.45) is 0 Å². The lowest BCUT2D eigenvalue weighted by Crippen LogP contribution is -2.41. The smallest absolute Gasteiger partial charge is 0.270 e. The molecule has 0 aliphatic rings. The number of benzene rings is 2. The molecule has 1 amide bonds. The summed E-state index contributed by atoms with van der Waals surface area (Å²) in [5, 5.41) is 7.74. The van der Waals surface area contributed by atoms with Crippen LogP contribution in [0.1, 0.15) is 36.8 Å². The number of amides is 1. The number of ether oxygens (including phenoxy) is 1. The van der Waals surface area contributed by atoms with Crippen LogP contribution in [0.15, 0.2) is 54.6 Å². The fourth-order valence-electron chi connectivity index (χ4n) is 2.81. The van der Waals surface area contributed by atoms with E-state index in [4.69, 9.17) is 9.84 Å². The van der Waals surface area contributed by atoms with E-state index in [9.17, 15) is 4.79 Å². The molecule has 1 aromatic heterocycles. The highest BCUT2D eigenvalue weighted by molar-refractivity contribution is 5.94. The van der Waals surface area contributed by atoms with Gasteiger partial charge in [-0.2, -0.15) is 5.10 Å². The van der Waals surface area contributed by atoms with Gasteiger partial charge in [-0.3, -0.25) is 4.79 Å². The van der Waals surface area contributed by atoms with Crippen LogP contribution >= 0.6 is 0 Å². The standard InChI is InChI=1S/C22H25N3O2/c1-15-7-6-8-17(13-15)25-20(21(26)23-22(2,3)4)14-19(24-25)16-9-11-18(27-5)12-10-16/h6-14H,1-5H3,(H,23,26). The van der Waals surface area contributed by atoms with Gasteiger partial charge in [0.05, 0.1) is 18.5 Å². The van der Waals surface area contributed by atoms with Gasteiger partial charge in [-0.05, 0) is 75.7 Å². The molecule has 27 heavy (non-hydrogen) atoms. The van der Waals surface area contributed by atoms with Crippen molar-refractivity contribution in [3.05, 3.63) is 65.9 Å². The number of carbonyl (C=O) groups excluding carboxylic acids is 1. The number of aromatic nitrogens is 2. The molecule has 3 aromatic rings. The van der Waals surface area contributed by atoms with E-state index < -0.39 is 0 Å². The van der Waals surface area contributed by atoms with Gasteiger partial charge in [-0.1, -0.05) is 12.1 Å². The number of aryl methyl sites for hydroxylation is 1. The second-order valence-corrected chi connectivity index (χ2v) is 7.60. The average Bonchev–Trinajstić information content (AvgIpc) is 3.06. The van der Waals surface area contributed by atoms with Gasteiger partial charge in [-0.15, -0.1) is 0 Å². The van der Waals surface area contributed by atoms with Gasteiger partial charge in [0.15, 0.2) is 0 Å². The van der Waals surface area contributed by atoms with Crippen LogP contribution in [0.25, 0.3) is 16.9 Å². The van der Waals surface area contributed by atoms with Crippen LogP contribution in [0, 0.1) is 6.92 Å². The normalized spacial score (nSPS) is 11.3. The van der Waals surface area contributed by atoms with E-state index in [1.54, 1.807) is 11.8 Å². The van der Waals surface area contributed by atoms with Gasteiger partial charge in [0.25, 0.3) is 5.91 Å². The largest absolute Gasteiger partial charge is 0.497 e. The fraction of sp³-hybridized carbons (Fsp3) is 0.273. The zero-order chi connectivity index (χ0) is 19.6. The summed E-state index contributed by atoms with van der Waals surface area (Å²) in [4.78, 5) is 12.9. The molecule has 0 bridgehead atoms. The van der Waals surface area contributed by atoms with Gasteiger partial charge in [0.2, 0.25) is 0 Å². The summed E-state index contributed by atoms with van der Waals surface area (Å²) >= 11 is 0. The van der Waals surface area contributed by atoms with Crippen LogP contribution in [0.5, 0.6) is 5.75 Å². The quantitative estimate of drug-likeness (QED) is 0.748. The Balaban J connectivity index is 2.09. The molecule has 3 rings (SSSR count). The molecule has 140 valence electrons. The SMILES string of the molecule is COc1ccc(-c2cc(C(=O)NC(C)(C)C)n(-c3cccc(C)c3)n2)cc1. The summed E-state index contributed by atoms with van der Waals surface area (Å²) in [6.45, 7) is 7.90. The Hall–Kier alpha value is -3.08. The van der Waals surface area contributed by atoms with Crippen molar-refractivity contribution in [2.45, 2.75) is 33.2 Å². The maximum Gasteiger partial charge on any atom is 0.270 e. The maximum absolute atomic E-state index is 12.9. The molecule has 2 aromatic carbocycles. The van der Waals surface area contributed by atoms with E-state index in [1.807, 2.05) is 82.3 Å². The Labute approximate surface area is 160 Å². The summed E-state index contributed by atoms with van der Waals surface area (Å²) in [5.41, 5.74) is 3.79. The van der Waals surface area contributed by atoms with E-state index in [0.29, 0.717) is 5.69 Å². The van der Waals surface area contributed by atoms with Crippen LogP contribution in [-0.4, -0.2) is 28.3 Å². The number of hydrogen-bond acceptors (Lipinski definition) is 3. The highest BCUT2D eigenvalue weighted by Gasteiger charge is 2.21. The molecule has 0 aliphatic carbocycles. The van der Waals surface area contributed by atoms with Gasteiger partial charge >= 0.3 is 0 Å². The van der Waals surface area contributed by atoms with Crippen LogP contribution in [0.4, 0.5) is 0 Å². The Bertz CT molecular complexity index is 950. The van der Waals surface area contributed by atoms with Crippen LogP contribution in [0.2, 0.25) is 0 Å². The van der Waals surface area contributed by atoms with E-state index in [0.717, 1.165) is 28.3 Å². The number of nitrogens with zero attached hydrogens (tertiary/aromatic N) is 2. The number of hydrogen-bond donors (Lipinski definition) is 1. The summed E-state index contributed by atoms with van der Waals surface area (Å²) < 4.78 is 6.92. The first-order valence-corrected chi connectivity index (χ1v) is 8.91. The molecular formula is C22H25N3O2. The monoisotopic (exact) mass is 363 g/mol. The van der Waals surface area contributed by atoms with Crippen molar-refractivity contribution < 1.29 is 9.53 Å². The molecule has 1 heterocycles. The number of nitrogens with one attached hydrogen (secondary N) is 1. The Kier molecular flexibility index (Phi) is 5.04. The number of carbonyl (C=O) groups is 1. The van der Waals surface area contributed by atoms with E-state index in [1.165, 1.54) is 0 Å². The Morgan fingerprint density at radius 2 is 1.78 bits per heavy atom. The molecule has 0 saturated heterocycles. The molecule has 0 unspecified atom stereocenters. The fourth-order valence-corrected chi connectivity index (χ4v) is 2.81. The summed E-state index contributed by atoms with van der Waals surface area (Å²) in [5.74, 6) is 0.624. The molecule has 0 saturated carbocycles. The molecule has 1 N–H and O–H groups in total. The lowest BCUT2D eigenvalue weighted by atomic mass is 10.1. The van der Waals surface area contributed by atoms with E-state index in [-0.39, 0.29) is 11.4 Å². The van der Waals surface area contributed by atoms with Gasteiger partial charge < -0.3 is 10.1 Å². The van der Waals surface area contributed by atoms with Crippen LogP contribution in [0.3, 0.4) is 0 Å². The first-order valence-electron chi connectivity index (χ1n) is 8.91. The van der Waals surface area contributed by atoms with E-state index >= 15 is 0 Å². The van der Waals surface area contributed by atoms with Crippen molar-refractivity contribution in [1.82, 2.24) is 15.1 Å². The Morgan fingerprint density at radius 1 is 1.07 bits per heavy atom.